The maximum absolute atomic E-state index is 10.6. The van der Waals surface area contributed by atoms with E-state index in [2.05, 4.69) is 9.72 Å². The molecule has 0 aromatic carbocycles. The van der Waals surface area contributed by atoms with Gasteiger partial charge in [-0.05, 0) is 0 Å². The van der Waals surface area contributed by atoms with Gasteiger partial charge in [0.1, 0.15) is 0 Å². The summed E-state index contributed by atoms with van der Waals surface area (Å²) in [5, 5.41) is 0. The third kappa shape index (κ3) is 9.43. The zero-order valence-electron chi connectivity index (χ0n) is 9.66. The lowest BCUT2D eigenvalue weighted by Crippen LogP contribution is -2.02. The number of methoxy groups -OCH3 is 1. The first-order chi connectivity index (χ1) is 7.35. The van der Waals surface area contributed by atoms with Crippen LogP contribution in [0.1, 0.15) is 6.42 Å². The molecule has 0 saturated carbocycles. The van der Waals surface area contributed by atoms with Crippen molar-refractivity contribution in [1.29, 1.82) is 0 Å². The average Bonchev–Trinajstić information content (AvgIpc) is 2.65. The van der Waals surface area contributed by atoms with Gasteiger partial charge in [-0.25, -0.2) is 4.98 Å². The predicted molar refractivity (Wildman–Crippen MR) is 60.5 cm³/mol. The van der Waals surface area contributed by atoms with E-state index in [0.29, 0.717) is 0 Å². The standard InChI is InChI=1S/C5H11O4P.C4H6N2/c1-9-5(6)3-4-10(2,7)8;1-6-3-2-5-4-6/h3-4H2,1-2H3,(H,7,8);2-4H,1H3. The summed E-state index contributed by atoms with van der Waals surface area (Å²) < 4.78 is 16.7. The van der Waals surface area contributed by atoms with Crippen molar-refractivity contribution in [2.75, 3.05) is 19.9 Å². The van der Waals surface area contributed by atoms with E-state index in [1.54, 1.807) is 12.5 Å². The topological polar surface area (TPSA) is 81.4 Å². The van der Waals surface area contributed by atoms with E-state index in [0.717, 1.165) is 0 Å². The van der Waals surface area contributed by atoms with Crippen LogP contribution in [0.25, 0.3) is 0 Å². The molecule has 0 aliphatic rings. The van der Waals surface area contributed by atoms with Crippen molar-refractivity contribution in [3.05, 3.63) is 18.7 Å². The van der Waals surface area contributed by atoms with Gasteiger partial charge in [-0.3, -0.25) is 9.36 Å². The summed E-state index contributed by atoms with van der Waals surface area (Å²) >= 11 is 0. The van der Waals surface area contributed by atoms with Crippen LogP contribution in [0.15, 0.2) is 18.7 Å². The summed E-state index contributed by atoms with van der Waals surface area (Å²) in [5.74, 6) is -0.448. The van der Waals surface area contributed by atoms with Crippen molar-refractivity contribution in [2.45, 2.75) is 6.42 Å². The van der Waals surface area contributed by atoms with Gasteiger partial charge in [-0.1, -0.05) is 0 Å². The molecular formula is C9H17N2O4P. The summed E-state index contributed by atoms with van der Waals surface area (Å²) in [6.45, 7) is 1.22. The number of imidazole rings is 1. The second kappa shape index (κ2) is 7.19. The third-order valence-corrected chi connectivity index (χ3v) is 2.65. The summed E-state index contributed by atoms with van der Waals surface area (Å²) in [7, 11) is 0.154. The Bertz CT molecular complexity index is 344. The van der Waals surface area contributed by atoms with E-state index < -0.39 is 13.3 Å². The molecule has 1 heterocycles. The molecule has 1 N–H and O–H groups in total. The Hall–Kier alpha value is -1.13. The fourth-order valence-corrected chi connectivity index (χ4v) is 1.32. The molecule has 1 aromatic rings. The highest BCUT2D eigenvalue weighted by atomic mass is 31.2. The Labute approximate surface area is 94.7 Å². The van der Waals surface area contributed by atoms with Crippen LogP contribution in [0.2, 0.25) is 0 Å². The minimum absolute atomic E-state index is 0.000324. The van der Waals surface area contributed by atoms with Crippen molar-refractivity contribution < 1.29 is 19.0 Å². The van der Waals surface area contributed by atoms with Crippen molar-refractivity contribution in [3.8, 4) is 0 Å². The van der Waals surface area contributed by atoms with E-state index in [9.17, 15) is 9.36 Å². The van der Waals surface area contributed by atoms with Crippen LogP contribution in [0.3, 0.4) is 0 Å². The molecule has 1 unspecified atom stereocenters. The Balaban J connectivity index is 0.000000315. The lowest BCUT2D eigenvalue weighted by Gasteiger charge is -2.02. The summed E-state index contributed by atoms with van der Waals surface area (Å²) in [5.41, 5.74) is 0. The molecule has 16 heavy (non-hydrogen) atoms. The maximum atomic E-state index is 10.6. The van der Waals surface area contributed by atoms with E-state index in [-0.39, 0.29) is 12.6 Å². The van der Waals surface area contributed by atoms with Crippen LogP contribution in [0.4, 0.5) is 0 Å². The van der Waals surface area contributed by atoms with Crippen LogP contribution in [0, 0.1) is 0 Å². The Morgan fingerprint density at radius 3 is 2.50 bits per heavy atom. The molecule has 1 atom stereocenters. The highest BCUT2D eigenvalue weighted by Gasteiger charge is 2.12. The molecule has 1 aromatic heterocycles. The predicted octanol–water partition coefficient (Wildman–Crippen LogP) is 0.870. The maximum Gasteiger partial charge on any atom is 0.306 e. The van der Waals surface area contributed by atoms with Gasteiger partial charge in [0.05, 0.1) is 19.9 Å². The van der Waals surface area contributed by atoms with Crippen molar-refractivity contribution >= 4 is 13.3 Å². The van der Waals surface area contributed by atoms with Gasteiger partial charge in [-0.15, -0.1) is 0 Å². The number of carbonyl (C=O) groups is 1. The molecule has 0 bridgehead atoms. The molecule has 7 heteroatoms. The van der Waals surface area contributed by atoms with Crippen LogP contribution in [-0.4, -0.2) is 40.4 Å². The van der Waals surface area contributed by atoms with Crippen LogP contribution < -0.4 is 0 Å². The molecule has 92 valence electrons. The quantitative estimate of drug-likeness (QED) is 0.634. The molecule has 0 spiro atoms. The first-order valence-electron chi connectivity index (χ1n) is 4.63. The van der Waals surface area contributed by atoms with Gasteiger partial charge in [0, 0.05) is 32.3 Å². The molecule has 0 fully saturated rings. The van der Waals surface area contributed by atoms with Crippen molar-refractivity contribution in [1.82, 2.24) is 9.55 Å². The molecule has 6 nitrogen and oxygen atoms in total. The minimum atomic E-state index is -3.03. The first-order valence-corrected chi connectivity index (χ1v) is 6.92. The molecule has 0 aliphatic heterocycles. The van der Waals surface area contributed by atoms with Crippen molar-refractivity contribution in [3.63, 3.8) is 0 Å². The SMILES string of the molecule is COC(=O)CCP(C)(=O)O.Cn1ccnc1. The number of nitrogens with zero attached hydrogens (tertiary/aromatic N) is 2. The van der Waals surface area contributed by atoms with Gasteiger partial charge in [0.2, 0.25) is 0 Å². The van der Waals surface area contributed by atoms with Gasteiger partial charge in [-0.2, -0.15) is 0 Å². The molecular weight excluding hydrogens is 231 g/mol. The highest BCUT2D eigenvalue weighted by molar-refractivity contribution is 7.57. The number of carbonyl (C=O) groups excluding carboxylic acids is 1. The van der Waals surface area contributed by atoms with Gasteiger partial charge in [0.25, 0.3) is 0 Å². The second-order valence-corrected chi connectivity index (χ2v) is 5.88. The number of hydrogen-bond donors (Lipinski definition) is 1. The summed E-state index contributed by atoms with van der Waals surface area (Å²) in [6, 6.07) is 0. The molecule has 0 amide bonds. The number of esters is 1. The first kappa shape index (κ1) is 14.9. The third-order valence-electron chi connectivity index (χ3n) is 1.60. The molecule has 1 rings (SSSR count). The van der Waals surface area contributed by atoms with Crippen LogP contribution in [-0.2, 0) is 21.1 Å². The Kier molecular flexibility index (Phi) is 6.69. The largest absolute Gasteiger partial charge is 0.469 e. The number of aryl methyl sites for hydroxylation is 1. The van der Waals surface area contributed by atoms with E-state index in [1.165, 1.54) is 13.8 Å². The normalized spacial score (nSPS) is 13.2. The fraction of sp³-hybridized carbons (Fsp3) is 0.556. The van der Waals surface area contributed by atoms with Crippen molar-refractivity contribution in [2.24, 2.45) is 7.05 Å². The van der Waals surface area contributed by atoms with E-state index in [1.807, 2.05) is 17.8 Å². The monoisotopic (exact) mass is 248 g/mol. The Morgan fingerprint density at radius 2 is 2.25 bits per heavy atom. The molecule has 0 radical (unpaired) electrons. The Morgan fingerprint density at radius 1 is 1.62 bits per heavy atom. The number of rotatable bonds is 3. The lowest BCUT2D eigenvalue weighted by atomic mass is 10.5. The number of hydrogen-bond acceptors (Lipinski definition) is 4. The number of aromatic nitrogens is 2. The lowest BCUT2D eigenvalue weighted by molar-refractivity contribution is -0.140. The summed E-state index contributed by atoms with van der Waals surface area (Å²) in [4.78, 5) is 22.9. The van der Waals surface area contributed by atoms with E-state index >= 15 is 0 Å². The van der Waals surface area contributed by atoms with Gasteiger partial charge in [0.15, 0.2) is 7.37 Å². The van der Waals surface area contributed by atoms with E-state index in [4.69, 9.17) is 4.89 Å². The second-order valence-electron chi connectivity index (χ2n) is 3.33. The smallest absolute Gasteiger partial charge is 0.306 e. The minimum Gasteiger partial charge on any atom is -0.469 e. The molecule has 0 aliphatic carbocycles. The fourth-order valence-electron chi connectivity index (χ4n) is 0.727. The summed E-state index contributed by atoms with van der Waals surface area (Å²) in [6.07, 6.45) is 5.40. The average molecular weight is 248 g/mol. The van der Waals surface area contributed by atoms with Crippen LogP contribution in [0.5, 0.6) is 0 Å². The molecule has 0 saturated heterocycles. The number of ether oxygens (including phenoxy) is 1. The highest BCUT2D eigenvalue weighted by Crippen LogP contribution is 2.35. The zero-order chi connectivity index (χ0) is 12.6. The zero-order valence-corrected chi connectivity index (χ0v) is 10.6. The van der Waals surface area contributed by atoms with Gasteiger partial charge >= 0.3 is 5.97 Å². The van der Waals surface area contributed by atoms with Crippen LogP contribution >= 0.6 is 7.37 Å². The van der Waals surface area contributed by atoms with Gasteiger partial charge < -0.3 is 14.2 Å².